The summed E-state index contributed by atoms with van der Waals surface area (Å²) in [6.45, 7) is 0. The zero-order valence-electron chi connectivity index (χ0n) is 24.0. The quantitative estimate of drug-likeness (QED) is 0.0987. The molecule has 0 saturated carbocycles. The van der Waals surface area contributed by atoms with Gasteiger partial charge in [0.1, 0.15) is 10.9 Å². The molecule has 0 saturated heterocycles. The maximum Gasteiger partial charge on any atom is 0.272 e. The number of anilines is 2. The van der Waals surface area contributed by atoms with Crippen LogP contribution in [-0.4, -0.2) is 17.7 Å². The van der Waals surface area contributed by atoms with Crippen LogP contribution in [0.25, 0.3) is 6.08 Å². The van der Waals surface area contributed by atoms with Crippen molar-refractivity contribution in [3.05, 3.63) is 164 Å². The van der Waals surface area contributed by atoms with Gasteiger partial charge in [-0.05, 0) is 71.8 Å². The molecule has 230 valence electrons. The number of halogens is 3. The van der Waals surface area contributed by atoms with Crippen LogP contribution in [0.4, 0.5) is 11.4 Å². The van der Waals surface area contributed by atoms with Crippen LogP contribution >= 0.6 is 50.9 Å². The normalized spacial score (nSPS) is 11.8. The first-order valence-corrected chi connectivity index (χ1v) is 16.4. The second kappa shape index (κ2) is 15.8. The Hall–Kier alpha value is -4.34. The van der Waals surface area contributed by atoms with Crippen LogP contribution in [0.2, 0.25) is 10.0 Å². The van der Waals surface area contributed by atoms with E-state index in [-0.39, 0.29) is 16.6 Å². The number of benzene rings is 5. The second-order valence-corrected chi connectivity index (χ2v) is 12.8. The van der Waals surface area contributed by atoms with E-state index in [4.69, 9.17) is 23.2 Å². The Morgan fingerprint density at radius 1 is 0.739 bits per heavy atom. The van der Waals surface area contributed by atoms with Gasteiger partial charge in [-0.15, -0.1) is 11.8 Å². The summed E-state index contributed by atoms with van der Waals surface area (Å²) in [7, 11) is 0. The Morgan fingerprint density at radius 3 is 2.17 bits per heavy atom. The molecule has 46 heavy (non-hydrogen) atoms. The van der Waals surface area contributed by atoms with Crippen molar-refractivity contribution >= 4 is 86.1 Å². The predicted octanol–water partition coefficient (Wildman–Crippen LogP) is 9.64. The number of rotatable bonds is 10. The molecule has 0 aromatic heterocycles. The number of nitrogens with one attached hydrogen (secondary N) is 3. The van der Waals surface area contributed by atoms with Gasteiger partial charge in [-0.1, -0.05) is 112 Å². The SMILES string of the molecule is O=C(Nc1cccc(SC(C(=O)Nc2cccc(Cl)c2Cl)c2ccccc2)c1)/C(=C\c1cccc(Br)c1)NC(=O)c1ccccc1. The molecule has 3 N–H and O–H groups in total. The van der Waals surface area contributed by atoms with Gasteiger partial charge in [-0.2, -0.15) is 0 Å². The second-order valence-electron chi connectivity index (χ2n) is 9.91. The van der Waals surface area contributed by atoms with E-state index >= 15 is 0 Å². The van der Waals surface area contributed by atoms with E-state index in [1.54, 1.807) is 66.7 Å². The molecule has 0 aliphatic rings. The summed E-state index contributed by atoms with van der Waals surface area (Å²) in [5, 5.41) is 8.47. The fourth-order valence-electron chi connectivity index (χ4n) is 4.39. The van der Waals surface area contributed by atoms with Gasteiger partial charge in [-0.25, -0.2) is 0 Å². The molecule has 5 rings (SSSR count). The summed E-state index contributed by atoms with van der Waals surface area (Å²) in [5.74, 6) is -1.23. The number of carbonyl (C=O) groups is 3. The lowest BCUT2D eigenvalue weighted by Crippen LogP contribution is -2.30. The summed E-state index contributed by atoms with van der Waals surface area (Å²) in [5.41, 5.74) is 2.86. The smallest absolute Gasteiger partial charge is 0.272 e. The summed E-state index contributed by atoms with van der Waals surface area (Å²) in [6, 6.07) is 37.6. The van der Waals surface area contributed by atoms with Crippen molar-refractivity contribution in [1.82, 2.24) is 5.32 Å². The lowest BCUT2D eigenvalue weighted by atomic mass is 10.1. The molecule has 1 unspecified atom stereocenters. The summed E-state index contributed by atoms with van der Waals surface area (Å²) in [6.07, 6.45) is 1.61. The van der Waals surface area contributed by atoms with Crippen LogP contribution in [0.1, 0.15) is 26.7 Å². The molecule has 0 heterocycles. The number of hydrogen-bond donors (Lipinski definition) is 3. The zero-order chi connectivity index (χ0) is 32.5. The van der Waals surface area contributed by atoms with E-state index in [0.717, 1.165) is 14.9 Å². The van der Waals surface area contributed by atoms with E-state index in [0.29, 0.717) is 27.5 Å². The maximum absolute atomic E-state index is 13.6. The lowest BCUT2D eigenvalue weighted by Gasteiger charge is -2.18. The Balaban J connectivity index is 1.38. The van der Waals surface area contributed by atoms with Crippen LogP contribution in [0.15, 0.2) is 142 Å². The summed E-state index contributed by atoms with van der Waals surface area (Å²) in [4.78, 5) is 40.9. The average molecular weight is 731 g/mol. The third kappa shape index (κ3) is 8.89. The van der Waals surface area contributed by atoms with Gasteiger partial charge in [0.05, 0.1) is 15.7 Å². The minimum absolute atomic E-state index is 0.0601. The molecular weight excluding hydrogens is 705 g/mol. The van der Waals surface area contributed by atoms with Crippen molar-refractivity contribution in [2.75, 3.05) is 10.6 Å². The van der Waals surface area contributed by atoms with Gasteiger partial charge >= 0.3 is 0 Å². The molecule has 5 aromatic carbocycles. The van der Waals surface area contributed by atoms with E-state index < -0.39 is 17.1 Å². The molecule has 1 atom stereocenters. The van der Waals surface area contributed by atoms with Crippen molar-refractivity contribution in [2.24, 2.45) is 0 Å². The minimum atomic E-state index is -0.653. The highest BCUT2D eigenvalue weighted by molar-refractivity contribution is 9.10. The van der Waals surface area contributed by atoms with Gasteiger partial charge in [0.2, 0.25) is 5.91 Å². The Labute approximate surface area is 289 Å². The minimum Gasteiger partial charge on any atom is -0.323 e. The first-order valence-electron chi connectivity index (χ1n) is 14.0. The Morgan fingerprint density at radius 2 is 1.43 bits per heavy atom. The monoisotopic (exact) mass is 729 g/mol. The molecular formula is C36H26BrCl2N3O3S. The third-order valence-corrected chi connectivity index (χ3v) is 9.14. The first-order chi connectivity index (χ1) is 22.3. The fourth-order valence-corrected chi connectivity index (χ4v) is 6.23. The molecule has 3 amide bonds. The van der Waals surface area contributed by atoms with Crippen molar-refractivity contribution < 1.29 is 14.4 Å². The van der Waals surface area contributed by atoms with Crippen LogP contribution in [0.5, 0.6) is 0 Å². The molecule has 0 aliphatic carbocycles. The van der Waals surface area contributed by atoms with Gasteiger partial charge in [-0.3, -0.25) is 14.4 Å². The van der Waals surface area contributed by atoms with E-state index in [1.807, 2.05) is 66.7 Å². The fraction of sp³-hybridized carbons (Fsp3) is 0.0278. The van der Waals surface area contributed by atoms with Crippen LogP contribution in [0, 0.1) is 0 Å². The maximum atomic E-state index is 13.6. The van der Waals surface area contributed by atoms with Gasteiger partial charge < -0.3 is 16.0 Å². The van der Waals surface area contributed by atoms with Crippen LogP contribution in [-0.2, 0) is 9.59 Å². The van der Waals surface area contributed by atoms with Crippen molar-refractivity contribution in [3.8, 4) is 0 Å². The van der Waals surface area contributed by atoms with E-state index in [1.165, 1.54) is 11.8 Å². The highest BCUT2D eigenvalue weighted by Crippen LogP contribution is 2.38. The van der Waals surface area contributed by atoms with Gasteiger partial charge in [0.25, 0.3) is 11.8 Å². The van der Waals surface area contributed by atoms with Crippen molar-refractivity contribution in [2.45, 2.75) is 10.1 Å². The molecule has 10 heteroatoms. The standard InChI is InChI=1S/C36H26BrCl2N3O3S/c37-26-15-7-10-23(20-26)21-31(42-34(43)25-13-5-2-6-14-25)35(44)40-27-16-8-17-28(22-27)46-33(24-11-3-1-4-12-24)36(45)41-30-19-9-18-29(38)32(30)39/h1-22,33H,(H,40,44)(H,41,45)(H,42,43)/b31-21+. The van der Waals surface area contributed by atoms with E-state index in [9.17, 15) is 14.4 Å². The van der Waals surface area contributed by atoms with Crippen LogP contribution in [0.3, 0.4) is 0 Å². The van der Waals surface area contributed by atoms with Crippen molar-refractivity contribution in [1.29, 1.82) is 0 Å². The largest absolute Gasteiger partial charge is 0.323 e. The molecule has 0 fully saturated rings. The molecule has 0 aliphatic heterocycles. The van der Waals surface area contributed by atoms with E-state index in [2.05, 4.69) is 31.9 Å². The highest BCUT2D eigenvalue weighted by atomic mass is 79.9. The van der Waals surface area contributed by atoms with Crippen LogP contribution < -0.4 is 16.0 Å². The first kappa shape index (κ1) is 33.0. The van der Waals surface area contributed by atoms with Crippen molar-refractivity contribution in [3.63, 3.8) is 0 Å². The number of thioether (sulfide) groups is 1. The zero-order valence-corrected chi connectivity index (χ0v) is 28.0. The molecule has 0 bridgehead atoms. The lowest BCUT2D eigenvalue weighted by molar-refractivity contribution is -0.116. The Bertz CT molecular complexity index is 1910. The average Bonchev–Trinajstić information content (AvgIpc) is 3.06. The highest BCUT2D eigenvalue weighted by Gasteiger charge is 2.24. The molecule has 0 spiro atoms. The number of amides is 3. The predicted molar refractivity (Wildman–Crippen MR) is 191 cm³/mol. The molecule has 6 nitrogen and oxygen atoms in total. The Kier molecular flexibility index (Phi) is 11.3. The third-order valence-electron chi connectivity index (χ3n) is 6.58. The number of carbonyl (C=O) groups excluding carboxylic acids is 3. The number of hydrogen-bond acceptors (Lipinski definition) is 4. The van der Waals surface area contributed by atoms with Gasteiger partial charge in [0.15, 0.2) is 0 Å². The molecule has 0 radical (unpaired) electrons. The van der Waals surface area contributed by atoms with Gasteiger partial charge in [0, 0.05) is 20.6 Å². The molecule has 5 aromatic rings. The summed E-state index contributed by atoms with van der Waals surface area (Å²) < 4.78 is 0.828. The topological polar surface area (TPSA) is 87.3 Å². The summed E-state index contributed by atoms with van der Waals surface area (Å²) >= 11 is 17.3.